The molecule has 0 saturated carbocycles. The first-order valence-corrected chi connectivity index (χ1v) is 9.73. The zero-order valence-electron chi connectivity index (χ0n) is 12.3. The Hall–Kier alpha value is -1.42. The molecule has 6 heteroatoms. The fraction of sp³-hybridized carbons (Fsp3) is 0.312. The summed E-state index contributed by atoms with van der Waals surface area (Å²) >= 11 is 1.20. The molecular formula is C16H19O4PS. The summed E-state index contributed by atoms with van der Waals surface area (Å²) in [7, 11) is -3.76. The van der Waals surface area contributed by atoms with E-state index >= 15 is 0 Å². The Morgan fingerprint density at radius 2 is 1.91 bits per heavy atom. The van der Waals surface area contributed by atoms with Gasteiger partial charge in [-0.3, -0.25) is 9.36 Å². The maximum atomic E-state index is 13.0. The molecule has 0 aliphatic carbocycles. The average Bonchev–Trinajstić information content (AvgIpc) is 3.02. The van der Waals surface area contributed by atoms with Crippen molar-refractivity contribution in [2.45, 2.75) is 31.3 Å². The molecule has 3 unspecified atom stereocenters. The molecule has 2 N–H and O–H groups in total. The summed E-state index contributed by atoms with van der Waals surface area (Å²) in [5.41, 5.74) is -0.254. The lowest BCUT2D eigenvalue weighted by molar-refractivity contribution is -0.138. The van der Waals surface area contributed by atoms with Crippen LogP contribution in [-0.4, -0.2) is 21.6 Å². The molecule has 0 bridgehead atoms. The fourth-order valence-corrected chi connectivity index (χ4v) is 6.23. The third-order valence-corrected chi connectivity index (χ3v) is 7.67. The summed E-state index contributed by atoms with van der Waals surface area (Å²) in [6.07, 6.45) is 1.04. The largest absolute Gasteiger partial charge is 0.481 e. The molecule has 0 saturated heterocycles. The Kier molecular flexibility index (Phi) is 5.57. The third kappa shape index (κ3) is 3.49. The highest BCUT2D eigenvalue weighted by Crippen LogP contribution is 2.53. The minimum Gasteiger partial charge on any atom is -0.481 e. The van der Waals surface area contributed by atoms with Gasteiger partial charge >= 0.3 is 5.97 Å². The van der Waals surface area contributed by atoms with Crippen LogP contribution >= 0.6 is 18.7 Å². The summed E-state index contributed by atoms with van der Waals surface area (Å²) in [5.74, 6) is -2.05. The van der Waals surface area contributed by atoms with E-state index in [0.29, 0.717) is 23.0 Å². The highest BCUT2D eigenvalue weighted by atomic mass is 32.1. The number of hydrogen-bond acceptors (Lipinski definition) is 3. The predicted octanol–water partition coefficient (Wildman–Crippen LogP) is 3.68. The fourth-order valence-electron chi connectivity index (χ4n) is 2.64. The Morgan fingerprint density at radius 1 is 1.23 bits per heavy atom. The summed E-state index contributed by atoms with van der Waals surface area (Å²) in [5, 5.41) is 11.4. The Balaban J connectivity index is 2.49. The van der Waals surface area contributed by atoms with E-state index in [2.05, 4.69) is 0 Å². The summed E-state index contributed by atoms with van der Waals surface area (Å²) in [4.78, 5) is 22.5. The Morgan fingerprint density at radius 3 is 2.41 bits per heavy atom. The van der Waals surface area contributed by atoms with Gasteiger partial charge in [-0.2, -0.15) is 0 Å². The van der Waals surface area contributed by atoms with E-state index in [0.717, 1.165) is 0 Å². The zero-order valence-corrected chi connectivity index (χ0v) is 14.0. The molecular weight excluding hydrogens is 319 g/mol. The summed E-state index contributed by atoms with van der Waals surface area (Å²) in [6, 6.07) is 12.0. The van der Waals surface area contributed by atoms with Gasteiger partial charge in [-0.05, 0) is 23.4 Å². The number of carboxylic acids is 1. The zero-order chi connectivity index (χ0) is 16.2. The van der Waals surface area contributed by atoms with Crippen molar-refractivity contribution in [3.8, 4) is 0 Å². The first kappa shape index (κ1) is 16.9. The van der Waals surface area contributed by atoms with Crippen molar-refractivity contribution < 1.29 is 19.4 Å². The summed E-state index contributed by atoms with van der Waals surface area (Å²) in [6.45, 7) is 1.89. The quantitative estimate of drug-likeness (QED) is 0.755. The predicted molar refractivity (Wildman–Crippen MR) is 89.3 cm³/mol. The number of thiophene rings is 1. The van der Waals surface area contributed by atoms with E-state index in [-0.39, 0.29) is 0 Å². The second-order valence-corrected chi connectivity index (χ2v) is 8.80. The van der Waals surface area contributed by atoms with Gasteiger partial charge in [-0.25, -0.2) is 0 Å². The SMILES string of the molecule is CCCC(C(C(=O)O)c1ccccc1)P(=O)(O)c1cccs1. The van der Waals surface area contributed by atoms with Crippen LogP contribution in [0.25, 0.3) is 0 Å². The van der Waals surface area contributed by atoms with Crippen LogP contribution in [0.1, 0.15) is 31.2 Å². The van der Waals surface area contributed by atoms with E-state index < -0.39 is 24.9 Å². The van der Waals surface area contributed by atoms with Crippen molar-refractivity contribution in [1.82, 2.24) is 0 Å². The van der Waals surface area contributed by atoms with Gasteiger partial charge in [0.2, 0.25) is 7.37 Å². The van der Waals surface area contributed by atoms with Crippen LogP contribution in [0.3, 0.4) is 0 Å². The van der Waals surface area contributed by atoms with Gasteiger partial charge in [0, 0.05) is 0 Å². The first-order chi connectivity index (χ1) is 10.5. The van der Waals surface area contributed by atoms with Gasteiger partial charge in [0.1, 0.15) is 0 Å². The van der Waals surface area contributed by atoms with Crippen LogP contribution in [0.4, 0.5) is 0 Å². The van der Waals surface area contributed by atoms with Crippen molar-refractivity contribution in [2.75, 3.05) is 0 Å². The van der Waals surface area contributed by atoms with E-state index in [1.807, 2.05) is 6.92 Å². The van der Waals surface area contributed by atoms with Gasteiger partial charge in [0.15, 0.2) is 0 Å². The van der Waals surface area contributed by atoms with Crippen molar-refractivity contribution in [2.24, 2.45) is 0 Å². The topological polar surface area (TPSA) is 74.6 Å². The number of hydrogen-bond donors (Lipinski definition) is 2. The smallest absolute Gasteiger partial charge is 0.311 e. The van der Waals surface area contributed by atoms with Crippen molar-refractivity contribution >= 4 is 29.3 Å². The van der Waals surface area contributed by atoms with E-state index in [4.69, 9.17) is 0 Å². The molecule has 2 rings (SSSR count). The monoisotopic (exact) mass is 338 g/mol. The number of aliphatic carboxylic acids is 1. The van der Waals surface area contributed by atoms with E-state index in [9.17, 15) is 19.4 Å². The molecule has 118 valence electrons. The Labute approximate surface area is 133 Å². The van der Waals surface area contributed by atoms with Gasteiger partial charge in [0.05, 0.1) is 16.2 Å². The number of rotatable bonds is 7. The number of carbonyl (C=O) groups is 1. The second kappa shape index (κ2) is 7.23. The number of carboxylic acid groups (broad SMARTS) is 1. The highest BCUT2D eigenvalue weighted by molar-refractivity contribution is 7.72. The average molecular weight is 338 g/mol. The highest BCUT2D eigenvalue weighted by Gasteiger charge is 2.42. The Bertz CT molecular complexity index is 654. The molecule has 1 heterocycles. The van der Waals surface area contributed by atoms with Crippen molar-refractivity contribution in [3.05, 3.63) is 53.4 Å². The maximum Gasteiger partial charge on any atom is 0.311 e. The third-order valence-electron chi connectivity index (χ3n) is 3.67. The molecule has 0 aliphatic rings. The van der Waals surface area contributed by atoms with Crippen LogP contribution in [0.2, 0.25) is 0 Å². The number of benzene rings is 1. The van der Waals surface area contributed by atoms with Crippen LogP contribution in [0, 0.1) is 0 Å². The standard InChI is InChI=1S/C16H19O4PS/c1-2-7-13(21(19,20)14-10-6-11-22-14)15(16(17)18)12-8-4-3-5-9-12/h3-6,8-11,13,15H,2,7H2,1H3,(H,17,18)(H,19,20). The molecule has 0 radical (unpaired) electrons. The van der Waals surface area contributed by atoms with Crippen molar-refractivity contribution in [1.29, 1.82) is 0 Å². The first-order valence-electron chi connectivity index (χ1n) is 7.12. The summed E-state index contributed by atoms with van der Waals surface area (Å²) < 4.78 is 13.4. The lowest BCUT2D eigenvalue weighted by Gasteiger charge is -2.27. The molecule has 3 atom stereocenters. The van der Waals surface area contributed by atoms with Gasteiger partial charge in [-0.1, -0.05) is 49.7 Å². The van der Waals surface area contributed by atoms with Crippen LogP contribution in [0.15, 0.2) is 47.8 Å². The molecule has 0 fully saturated rings. The molecule has 1 aromatic heterocycles. The van der Waals surface area contributed by atoms with E-state index in [1.165, 1.54) is 11.3 Å². The molecule has 0 spiro atoms. The van der Waals surface area contributed by atoms with Crippen LogP contribution in [0.5, 0.6) is 0 Å². The van der Waals surface area contributed by atoms with Gasteiger partial charge < -0.3 is 10.00 Å². The lowest BCUT2D eigenvalue weighted by Crippen LogP contribution is -2.29. The van der Waals surface area contributed by atoms with Gasteiger partial charge in [-0.15, -0.1) is 11.3 Å². The normalized spacial score (nSPS) is 16.6. The molecule has 1 aromatic carbocycles. The van der Waals surface area contributed by atoms with Gasteiger partial charge in [0.25, 0.3) is 0 Å². The molecule has 2 aromatic rings. The minimum atomic E-state index is -3.76. The van der Waals surface area contributed by atoms with Crippen LogP contribution in [-0.2, 0) is 9.36 Å². The molecule has 0 amide bonds. The molecule has 4 nitrogen and oxygen atoms in total. The molecule has 0 aliphatic heterocycles. The van der Waals surface area contributed by atoms with Crippen LogP contribution < -0.4 is 4.62 Å². The minimum absolute atomic E-state index is 0.369. The van der Waals surface area contributed by atoms with E-state index in [1.54, 1.807) is 47.8 Å². The lowest BCUT2D eigenvalue weighted by atomic mass is 9.93. The molecule has 22 heavy (non-hydrogen) atoms. The maximum absolute atomic E-state index is 13.0. The van der Waals surface area contributed by atoms with Crippen molar-refractivity contribution in [3.63, 3.8) is 0 Å². The second-order valence-electron chi connectivity index (χ2n) is 5.16.